The van der Waals surface area contributed by atoms with Crippen molar-refractivity contribution < 1.29 is 26.4 Å². The van der Waals surface area contributed by atoms with Crippen LogP contribution in [0.5, 0.6) is 0 Å². The standard InChI is InChI=1S/C21H19N3O6S3/c22-32(27,28)17-10-8-16(9-11-17)24-19(25)13-18(21(24)26)23(14-15-5-2-1-3-6-15)33(29,30)20-7-4-12-31-20/h1-12,18H,13-14H2,(H2,22,27,28). The second-order valence-electron chi connectivity index (χ2n) is 7.29. The van der Waals surface area contributed by atoms with Crippen LogP contribution in [0, 0.1) is 0 Å². The van der Waals surface area contributed by atoms with Crippen LogP contribution in [0.2, 0.25) is 0 Å². The first-order chi connectivity index (χ1) is 15.6. The lowest BCUT2D eigenvalue weighted by molar-refractivity contribution is -0.122. The van der Waals surface area contributed by atoms with E-state index in [-0.39, 0.29) is 27.8 Å². The summed E-state index contributed by atoms with van der Waals surface area (Å²) in [7, 11) is -8.02. The van der Waals surface area contributed by atoms with Gasteiger partial charge in [0.05, 0.1) is 17.0 Å². The summed E-state index contributed by atoms with van der Waals surface area (Å²) in [5.74, 6) is -1.30. The molecule has 4 rings (SSSR count). The number of nitrogens with zero attached hydrogens (tertiary/aromatic N) is 2. The number of sulfonamides is 2. The summed E-state index contributed by atoms with van der Waals surface area (Å²) in [5.41, 5.74) is 0.793. The number of carbonyl (C=O) groups is 2. The fraction of sp³-hybridized carbons (Fsp3) is 0.143. The summed E-state index contributed by atoms with van der Waals surface area (Å²) in [5, 5.41) is 6.72. The zero-order valence-corrected chi connectivity index (χ0v) is 19.5. The summed E-state index contributed by atoms with van der Waals surface area (Å²) >= 11 is 1.02. The van der Waals surface area contributed by atoms with E-state index in [0.29, 0.717) is 5.56 Å². The number of rotatable bonds is 7. The molecule has 2 N–H and O–H groups in total. The zero-order chi connectivity index (χ0) is 23.8. The maximum absolute atomic E-state index is 13.4. The highest BCUT2D eigenvalue weighted by atomic mass is 32.2. The molecular formula is C21H19N3O6S3. The Kier molecular flexibility index (Phi) is 6.20. The lowest BCUT2D eigenvalue weighted by Crippen LogP contribution is -2.44. The van der Waals surface area contributed by atoms with Crippen molar-refractivity contribution in [2.24, 2.45) is 5.14 Å². The van der Waals surface area contributed by atoms with Crippen LogP contribution in [-0.2, 0) is 36.2 Å². The normalized spacial score (nSPS) is 17.2. The third-order valence-corrected chi connectivity index (χ3v) is 9.29. The van der Waals surface area contributed by atoms with Gasteiger partial charge in [-0.25, -0.2) is 26.9 Å². The second-order valence-corrected chi connectivity index (χ2v) is 11.9. The quantitative estimate of drug-likeness (QED) is 0.488. The molecule has 9 nitrogen and oxygen atoms in total. The predicted octanol–water partition coefficient (Wildman–Crippen LogP) is 1.92. The maximum Gasteiger partial charge on any atom is 0.253 e. The van der Waals surface area contributed by atoms with Crippen LogP contribution in [0.25, 0.3) is 0 Å². The lowest BCUT2D eigenvalue weighted by Gasteiger charge is -2.26. The number of imide groups is 1. The molecule has 0 radical (unpaired) electrons. The van der Waals surface area contributed by atoms with E-state index in [1.54, 1.807) is 41.8 Å². The van der Waals surface area contributed by atoms with Gasteiger partial charge in [0.2, 0.25) is 15.9 Å². The van der Waals surface area contributed by atoms with E-state index in [1.807, 2.05) is 0 Å². The van der Waals surface area contributed by atoms with Crippen molar-refractivity contribution in [3.8, 4) is 0 Å². The number of primary sulfonamides is 1. The smallest absolute Gasteiger partial charge is 0.253 e. The first-order valence-corrected chi connectivity index (χ1v) is 13.5. The topological polar surface area (TPSA) is 135 Å². The van der Waals surface area contributed by atoms with Gasteiger partial charge in [-0.3, -0.25) is 9.59 Å². The van der Waals surface area contributed by atoms with E-state index in [9.17, 15) is 26.4 Å². The Balaban J connectivity index is 1.71. The lowest BCUT2D eigenvalue weighted by atomic mass is 10.2. The molecule has 1 aliphatic heterocycles. The highest BCUT2D eigenvalue weighted by Crippen LogP contribution is 2.32. The van der Waals surface area contributed by atoms with Crippen LogP contribution >= 0.6 is 11.3 Å². The molecule has 1 aliphatic rings. The minimum atomic E-state index is -4.07. The summed E-state index contributed by atoms with van der Waals surface area (Å²) < 4.78 is 50.9. The molecule has 1 fully saturated rings. The SMILES string of the molecule is NS(=O)(=O)c1ccc(N2C(=O)CC(N(Cc3ccccc3)S(=O)(=O)c3cccs3)C2=O)cc1. The first kappa shape index (κ1) is 23.3. The van der Waals surface area contributed by atoms with Gasteiger partial charge in [-0.05, 0) is 41.3 Å². The molecular weight excluding hydrogens is 486 g/mol. The molecule has 1 saturated heterocycles. The summed E-state index contributed by atoms with van der Waals surface area (Å²) in [6, 6.07) is 15.5. The maximum atomic E-state index is 13.4. The molecule has 12 heteroatoms. The molecule has 0 bridgehead atoms. The number of benzene rings is 2. The Bertz CT molecular complexity index is 1390. The Morgan fingerprint density at radius 3 is 2.18 bits per heavy atom. The minimum Gasteiger partial charge on any atom is -0.274 e. The number of amides is 2. The highest BCUT2D eigenvalue weighted by molar-refractivity contribution is 7.91. The average molecular weight is 506 g/mol. The monoisotopic (exact) mass is 505 g/mol. The molecule has 0 spiro atoms. The van der Waals surface area contributed by atoms with Crippen LogP contribution in [0.4, 0.5) is 5.69 Å². The molecule has 1 atom stereocenters. The molecule has 3 aromatic rings. The third kappa shape index (κ3) is 4.61. The first-order valence-electron chi connectivity index (χ1n) is 9.68. The Morgan fingerprint density at radius 1 is 0.939 bits per heavy atom. The van der Waals surface area contributed by atoms with Gasteiger partial charge in [0.15, 0.2) is 0 Å². The number of hydrogen-bond donors (Lipinski definition) is 1. The molecule has 2 amide bonds. The van der Waals surface area contributed by atoms with Crippen LogP contribution < -0.4 is 10.0 Å². The van der Waals surface area contributed by atoms with Gasteiger partial charge in [-0.2, -0.15) is 4.31 Å². The Morgan fingerprint density at radius 2 is 1.61 bits per heavy atom. The van der Waals surface area contributed by atoms with Crippen molar-refractivity contribution in [3.63, 3.8) is 0 Å². The zero-order valence-electron chi connectivity index (χ0n) is 17.1. The predicted molar refractivity (Wildman–Crippen MR) is 122 cm³/mol. The van der Waals surface area contributed by atoms with E-state index in [2.05, 4.69) is 0 Å². The summed E-state index contributed by atoms with van der Waals surface area (Å²) in [4.78, 5) is 26.8. The van der Waals surface area contributed by atoms with Crippen molar-refractivity contribution in [2.75, 3.05) is 4.90 Å². The fourth-order valence-electron chi connectivity index (χ4n) is 3.55. The average Bonchev–Trinajstić information content (AvgIpc) is 3.41. The van der Waals surface area contributed by atoms with Gasteiger partial charge in [-0.15, -0.1) is 11.3 Å². The molecule has 1 unspecified atom stereocenters. The molecule has 0 saturated carbocycles. The second kappa shape index (κ2) is 8.80. The van der Waals surface area contributed by atoms with Crippen molar-refractivity contribution in [2.45, 2.75) is 28.1 Å². The van der Waals surface area contributed by atoms with Gasteiger partial charge in [0.25, 0.3) is 15.9 Å². The molecule has 2 aromatic carbocycles. The number of nitrogens with two attached hydrogens (primary N) is 1. The van der Waals surface area contributed by atoms with Crippen molar-refractivity contribution in [1.82, 2.24) is 4.31 Å². The fourth-order valence-corrected chi connectivity index (χ4v) is 6.75. The van der Waals surface area contributed by atoms with Gasteiger partial charge in [0.1, 0.15) is 10.3 Å². The summed E-state index contributed by atoms with van der Waals surface area (Å²) in [6.07, 6.45) is -0.340. The van der Waals surface area contributed by atoms with Crippen molar-refractivity contribution in [1.29, 1.82) is 0 Å². The van der Waals surface area contributed by atoms with E-state index >= 15 is 0 Å². The van der Waals surface area contributed by atoms with Crippen LogP contribution in [0.3, 0.4) is 0 Å². The van der Waals surface area contributed by atoms with Crippen molar-refractivity contribution in [3.05, 3.63) is 77.7 Å². The van der Waals surface area contributed by atoms with E-state index in [0.717, 1.165) is 20.5 Å². The Hall–Kier alpha value is -2.90. The van der Waals surface area contributed by atoms with E-state index < -0.39 is 37.9 Å². The number of anilines is 1. The molecule has 0 aliphatic carbocycles. The number of thiophene rings is 1. The van der Waals surface area contributed by atoms with E-state index in [4.69, 9.17) is 5.14 Å². The Labute approximate surface area is 195 Å². The van der Waals surface area contributed by atoms with Crippen LogP contribution in [0.1, 0.15) is 12.0 Å². The van der Waals surface area contributed by atoms with E-state index in [1.165, 1.54) is 30.3 Å². The molecule has 2 heterocycles. The number of carbonyl (C=O) groups excluding carboxylic acids is 2. The van der Waals surface area contributed by atoms with Gasteiger partial charge < -0.3 is 0 Å². The minimum absolute atomic E-state index is 0.0645. The van der Waals surface area contributed by atoms with Gasteiger partial charge in [0, 0.05) is 6.54 Å². The molecule has 1 aromatic heterocycles. The largest absolute Gasteiger partial charge is 0.274 e. The molecule has 33 heavy (non-hydrogen) atoms. The molecule has 172 valence electrons. The highest BCUT2D eigenvalue weighted by Gasteiger charge is 2.47. The van der Waals surface area contributed by atoms with Crippen LogP contribution in [0.15, 0.2) is 81.2 Å². The van der Waals surface area contributed by atoms with Crippen molar-refractivity contribution >= 4 is 48.9 Å². The number of hydrogen-bond acceptors (Lipinski definition) is 7. The third-order valence-electron chi connectivity index (χ3n) is 5.13. The summed E-state index contributed by atoms with van der Waals surface area (Å²) in [6.45, 7) is -0.0943. The van der Waals surface area contributed by atoms with Crippen LogP contribution in [-0.4, -0.2) is 39.0 Å². The van der Waals surface area contributed by atoms with Gasteiger partial charge >= 0.3 is 0 Å². The van der Waals surface area contributed by atoms with Gasteiger partial charge in [-0.1, -0.05) is 36.4 Å².